The number of benzene rings is 2. The van der Waals surface area contributed by atoms with Crippen molar-refractivity contribution in [1.29, 1.82) is 0 Å². The van der Waals surface area contributed by atoms with E-state index in [-0.39, 0.29) is 23.2 Å². The number of rotatable bonds is 10. The van der Waals surface area contributed by atoms with Gasteiger partial charge in [0.25, 0.3) is 11.6 Å². The van der Waals surface area contributed by atoms with Crippen LogP contribution in [0.3, 0.4) is 0 Å². The largest absolute Gasteiger partial charge is 0.350 e. The van der Waals surface area contributed by atoms with Crippen LogP contribution in [0, 0.1) is 10.1 Å². The number of hydrogen-bond acceptors (Lipinski definition) is 7. The van der Waals surface area contributed by atoms with Gasteiger partial charge in [-0.2, -0.15) is 0 Å². The highest BCUT2D eigenvalue weighted by molar-refractivity contribution is 7.99. The van der Waals surface area contributed by atoms with Crippen LogP contribution in [0.1, 0.15) is 35.8 Å². The molecule has 1 amide bonds. The predicted octanol–water partition coefficient (Wildman–Crippen LogP) is 3.69. The molecular weight excluding hydrogens is 428 g/mol. The normalized spacial score (nSPS) is 12.0. The molecule has 3 rings (SSSR count). The van der Waals surface area contributed by atoms with Gasteiger partial charge < -0.3 is 9.88 Å². The van der Waals surface area contributed by atoms with Gasteiger partial charge in [-0.25, -0.2) is 0 Å². The van der Waals surface area contributed by atoms with Crippen LogP contribution in [-0.4, -0.2) is 50.1 Å². The number of carbonyl (C=O) groups excluding carboxylic acids is 1. The van der Waals surface area contributed by atoms with Crippen LogP contribution >= 0.6 is 11.8 Å². The van der Waals surface area contributed by atoms with Crippen molar-refractivity contribution in [3.05, 3.63) is 76.1 Å². The number of carbonyl (C=O) groups is 1. The Hall–Kier alpha value is -3.24. The van der Waals surface area contributed by atoms with E-state index in [1.807, 2.05) is 30.3 Å². The SMILES string of the molecule is CCN(CC)C(CNC(=O)c1ccc(Sc2nncn2C)c([N+](=O)[O-])c1)c1ccccc1. The molecule has 1 N–H and O–H groups in total. The van der Waals surface area contributed by atoms with Crippen molar-refractivity contribution < 1.29 is 9.72 Å². The molecule has 1 aromatic heterocycles. The second kappa shape index (κ2) is 10.9. The zero-order valence-electron chi connectivity index (χ0n) is 18.3. The Morgan fingerprint density at radius 3 is 2.53 bits per heavy atom. The first-order chi connectivity index (χ1) is 15.4. The Morgan fingerprint density at radius 2 is 1.94 bits per heavy atom. The number of hydrogen-bond donors (Lipinski definition) is 1. The van der Waals surface area contributed by atoms with Crippen LogP contribution < -0.4 is 5.32 Å². The first kappa shape index (κ1) is 23.4. The van der Waals surface area contributed by atoms with E-state index in [2.05, 4.69) is 34.3 Å². The molecule has 0 aliphatic carbocycles. The van der Waals surface area contributed by atoms with E-state index in [1.165, 1.54) is 12.4 Å². The van der Waals surface area contributed by atoms with Crippen LogP contribution in [0.2, 0.25) is 0 Å². The topological polar surface area (TPSA) is 106 Å². The molecule has 9 nitrogen and oxygen atoms in total. The number of aryl methyl sites for hydroxylation is 1. The lowest BCUT2D eigenvalue weighted by atomic mass is 10.0. The van der Waals surface area contributed by atoms with Gasteiger partial charge in [0.05, 0.1) is 15.9 Å². The maximum absolute atomic E-state index is 12.9. The fourth-order valence-electron chi connectivity index (χ4n) is 3.44. The molecule has 2 aromatic carbocycles. The second-order valence-corrected chi connectivity index (χ2v) is 8.13. The lowest BCUT2D eigenvalue weighted by Gasteiger charge is -2.30. The van der Waals surface area contributed by atoms with Crippen molar-refractivity contribution >= 4 is 23.4 Å². The summed E-state index contributed by atoms with van der Waals surface area (Å²) in [5.74, 6) is -0.351. The van der Waals surface area contributed by atoms with Crippen LogP contribution in [0.4, 0.5) is 5.69 Å². The van der Waals surface area contributed by atoms with E-state index in [0.29, 0.717) is 16.6 Å². The summed E-state index contributed by atoms with van der Waals surface area (Å²) in [6.07, 6.45) is 1.52. The van der Waals surface area contributed by atoms with E-state index in [4.69, 9.17) is 0 Å². The molecular formula is C22H26N6O3S. The van der Waals surface area contributed by atoms with Crippen molar-refractivity contribution in [2.24, 2.45) is 7.05 Å². The van der Waals surface area contributed by atoms with E-state index < -0.39 is 4.92 Å². The number of nitro groups is 1. The number of aromatic nitrogens is 3. The highest BCUT2D eigenvalue weighted by atomic mass is 32.2. The first-order valence-corrected chi connectivity index (χ1v) is 11.1. The summed E-state index contributed by atoms with van der Waals surface area (Å²) in [5, 5.41) is 22.8. The van der Waals surface area contributed by atoms with Gasteiger partial charge in [0.2, 0.25) is 0 Å². The quantitative estimate of drug-likeness (QED) is 0.368. The Labute approximate surface area is 191 Å². The monoisotopic (exact) mass is 454 g/mol. The van der Waals surface area contributed by atoms with E-state index >= 15 is 0 Å². The smallest absolute Gasteiger partial charge is 0.284 e. The van der Waals surface area contributed by atoms with Crippen LogP contribution in [0.15, 0.2) is 64.9 Å². The minimum atomic E-state index is -0.488. The van der Waals surface area contributed by atoms with Crippen molar-refractivity contribution in [1.82, 2.24) is 25.0 Å². The Balaban J connectivity index is 1.78. The van der Waals surface area contributed by atoms with Crippen LogP contribution in [-0.2, 0) is 7.05 Å². The fraction of sp³-hybridized carbons (Fsp3) is 0.318. The molecule has 0 aliphatic rings. The summed E-state index contributed by atoms with van der Waals surface area (Å²) in [6, 6.07) is 14.5. The predicted molar refractivity (Wildman–Crippen MR) is 123 cm³/mol. The molecule has 0 spiro atoms. The summed E-state index contributed by atoms with van der Waals surface area (Å²) in [6.45, 7) is 6.24. The second-order valence-electron chi connectivity index (χ2n) is 7.12. The molecule has 0 radical (unpaired) electrons. The van der Waals surface area contributed by atoms with Crippen molar-refractivity contribution in [2.45, 2.75) is 29.9 Å². The van der Waals surface area contributed by atoms with E-state index in [0.717, 1.165) is 30.4 Å². The summed E-state index contributed by atoms with van der Waals surface area (Å²) in [5.41, 5.74) is 1.21. The van der Waals surface area contributed by atoms with Crippen molar-refractivity contribution in [3.63, 3.8) is 0 Å². The molecule has 0 aliphatic heterocycles. The lowest BCUT2D eigenvalue weighted by molar-refractivity contribution is -0.387. The summed E-state index contributed by atoms with van der Waals surface area (Å²) >= 11 is 1.13. The zero-order chi connectivity index (χ0) is 23.1. The Kier molecular flexibility index (Phi) is 7.96. The lowest BCUT2D eigenvalue weighted by Crippen LogP contribution is -2.38. The molecule has 1 atom stereocenters. The average Bonchev–Trinajstić information content (AvgIpc) is 3.21. The highest BCUT2D eigenvalue weighted by Gasteiger charge is 2.22. The van der Waals surface area contributed by atoms with Crippen LogP contribution in [0.5, 0.6) is 0 Å². The van der Waals surface area contributed by atoms with Crippen LogP contribution in [0.25, 0.3) is 0 Å². The van der Waals surface area contributed by atoms with Crippen molar-refractivity contribution in [3.8, 4) is 0 Å². The minimum Gasteiger partial charge on any atom is -0.350 e. The van der Waals surface area contributed by atoms with Gasteiger partial charge in [0, 0.05) is 25.2 Å². The Bertz CT molecular complexity index is 1070. The maximum atomic E-state index is 12.9. The van der Waals surface area contributed by atoms with Gasteiger partial charge in [-0.3, -0.25) is 19.8 Å². The van der Waals surface area contributed by atoms with Gasteiger partial charge >= 0.3 is 0 Å². The van der Waals surface area contributed by atoms with Gasteiger partial charge in [0.1, 0.15) is 6.33 Å². The number of nitrogens with one attached hydrogen (secondary N) is 1. The standard InChI is InChI=1S/C22H26N6O3S/c1-4-27(5-2)19(16-9-7-6-8-10-16)14-23-21(29)17-11-12-20(18(13-17)28(30)31)32-22-25-24-15-26(22)3/h6-13,15,19H,4-5,14H2,1-3H3,(H,23,29). The summed E-state index contributed by atoms with van der Waals surface area (Å²) in [4.78, 5) is 26.7. The molecule has 0 saturated heterocycles. The molecule has 0 fully saturated rings. The third kappa shape index (κ3) is 5.51. The molecule has 3 aromatic rings. The summed E-state index contributed by atoms with van der Waals surface area (Å²) in [7, 11) is 1.76. The third-order valence-electron chi connectivity index (χ3n) is 5.18. The Morgan fingerprint density at radius 1 is 1.22 bits per heavy atom. The van der Waals surface area contributed by atoms with Crippen molar-refractivity contribution in [2.75, 3.05) is 19.6 Å². The highest BCUT2D eigenvalue weighted by Crippen LogP contribution is 2.34. The maximum Gasteiger partial charge on any atom is 0.284 e. The molecule has 168 valence electrons. The van der Waals surface area contributed by atoms with Gasteiger partial charge in [-0.1, -0.05) is 44.2 Å². The minimum absolute atomic E-state index is 0.0101. The van der Waals surface area contributed by atoms with Gasteiger partial charge in [-0.15, -0.1) is 10.2 Å². The van der Waals surface area contributed by atoms with Gasteiger partial charge in [0.15, 0.2) is 5.16 Å². The number of nitro benzene ring substituents is 1. The molecule has 32 heavy (non-hydrogen) atoms. The number of nitrogens with zero attached hydrogens (tertiary/aromatic N) is 5. The van der Waals surface area contributed by atoms with E-state index in [9.17, 15) is 14.9 Å². The third-order valence-corrected chi connectivity index (χ3v) is 6.30. The van der Waals surface area contributed by atoms with E-state index in [1.54, 1.807) is 23.7 Å². The molecule has 1 unspecified atom stereocenters. The zero-order valence-corrected chi connectivity index (χ0v) is 19.1. The van der Waals surface area contributed by atoms with Gasteiger partial charge in [-0.05, 0) is 42.5 Å². The summed E-state index contributed by atoms with van der Waals surface area (Å²) < 4.78 is 1.67. The molecule has 0 saturated carbocycles. The molecule has 0 bridgehead atoms. The molecule has 1 heterocycles. The number of amides is 1. The number of likely N-dealkylation sites (N-methyl/N-ethyl adjacent to an activating group) is 1. The average molecular weight is 455 g/mol. The first-order valence-electron chi connectivity index (χ1n) is 10.3. The molecule has 10 heteroatoms. The fourth-order valence-corrected chi connectivity index (χ4v) is 4.29.